The fourth-order valence-electron chi connectivity index (χ4n) is 2.90. The molecule has 1 aliphatic carbocycles. The molecule has 1 aromatic carbocycles. The van der Waals surface area contributed by atoms with Crippen LogP contribution in [0.2, 0.25) is 0 Å². The molecule has 2 atom stereocenters. The molecule has 0 spiro atoms. The Hall–Kier alpha value is -1.02. The molecule has 0 amide bonds. The Morgan fingerprint density at radius 1 is 1.41 bits per heavy atom. The largest absolute Gasteiger partial charge is 0.487 e. The van der Waals surface area contributed by atoms with Gasteiger partial charge in [0.15, 0.2) is 0 Å². The lowest BCUT2D eigenvalue weighted by atomic mass is 9.86. The average molecular weight is 232 g/mol. The van der Waals surface area contributed by atoms with E-state index in [1.54, 1.807) is 0 Å². The second-order valence-corrected chi connectivity index (χ2v) is 5.96. The molecule has 1 aliphatic heterocycles. The van der Waals surface area contributed by atoms with Crippen molar-refractivity contribution >= 4 is 0 Å². The first-order valence-corrected chi connectivity index (χ1v) is 6.53. The summed E-state index contributed by atoms with van der Waals surface area (Å²) in [6.45, 7) is 4.18. The molecule has 0 saturated heterocycles. The number of hydrogen-bond donors (Lipinski definition) is 1. The minimum absolute atomic E-state index is 0.178. The second-order valence-electron chi connectivity index (χ2n) is 5.96. The molecule has 0 radical (unpaired) electrons. The summed E-state index contributed by atoms with van der Waals surface area (Å²) in [5, 5.41) is 10.3. The predicted molar refractivity (Wildman–Crippen MR) is 67.1 cm³/mol. The Morgan fingerprint density at radius 2 is 2.18 bits per heavy atom. The summed E-state index contributed by atoms with van der Waals surface area (Å²) in [5.74, 6) is 1.69. The molecule has 1 fully saturated rings. The summed E-state index contributed by atoms with van der Waals surface area (Å²) < 4.78 is 6.14. The van der Waals surface area contributed by atoms with Crippen LogP contribution in [0.3, 0.4) is 0 Å². The molecule has 1 N–H and O–H groups in total. The molecule has 3 rings (SSSR count). The van der Waals surface area contributed by atoms with Gasteiger partial charge in [0.2, 0.25) is 0 Å². The summed E-state index contributed by atoms with van der Waals surface area (Å²) >= 11 is 0. The number of ether oxygens (including phenoxy) is 1. The van der Waals surface area contributed by atoms with Gasteiger partial charge in [-0.2, -0.15) is 0 Å². The van der Waals surface area contributed by atoms with E-state index in [2.05, 4.69) is 13.0 Å². The minimum atomic E-state index is -0.373. The van der Waals surface area contributed by atoms with Crippen molar-refractivity contribution in [1.29, 1.82) is 0 Å². The Kier molecular flexibility index (Phi) is 2.44. The third kappa shape index (κ3) is 2.19. The predicted octanol–water partition coefficient (Wildman–Crippen LogP) is 3.37. The molecule has 1 aromatic rings. The molecular formula is C15H20O2. The van der Waals surface area contributed by atoms with Crippen molar-refractivity contribution in [1.82, 2.24) is 0 Å². The fourth-order valence-corrected chi connectivity index (χ4v) is 2.90. The van der Waals surface area contributed by atoms with Crippen LogP contribution < -0.4 is 4.74 Å². The second kappa shape index (κ2) is 3.74. The van der Waals surface area contributed by atoms with E-state index in [1.807, 2.05) is 19.1 Å². The number of benzene rings is 1. The lowest BCUT2D eigenvalue weighted by Crippen LogP contribution is -2.38. The molecule has 17 heavy (non-hydrogen) atoms. The van der Waals surface area contributed by atoms with E-state index in [0.29, 0.717) is 0 Å². The van der Waals surface area contributed by atoms with E-state index in [0.717, 1.165) is 30.1 Å². The highest BCUT2D eigenvalue weighted by atomic mass is 16.5. The van der Waals surface area contributed by atoms with Gasteiger partial charge in [-0.05, 0) is 38.3 Å². The van der Waals surface area contributed by atoms with Crippen molar-refractivity contribution in [2.45, 2.75) is 51.2 Å². The standard InChI is InChI=1S/C15H20O2/c1-10-3-6-14-12(7-10)13(16)9-15(2,17-14)8-11-4-5-11/h3,6-7,11,13,16H,4-5,8-9H2,1-2H3/t13-,15?/m0/s1. The summed E-state index contributed by atoms with van der Waals surface area (Å²) in [6, 6.07) is 6.09. The van der Waals surface area contributed by atoms with Crippen LogP contribution in [0, 0.1) is 12.8 Å². The summed E-state index contributed by atoms with van der Waals surface area (Å²) in [6.07, 6.45) is 4.09. The number of hydrogen-bond acceptors (Lipinski definition) is 2. The molecule has 0 aromatic heterocycles. The van der Waals surface area contributed by atoms with Crippen molar-refractivity contribution in [2.75, 3.05) is 0 Å². The van der Waals surface area contributed by atoms with Crippen LogP contribution in [0.5, 0.6) is 5.75 Å². The van der Waals surface area contributed by atoms with E-state index >= 15 is 0 Å². The molecular weight excluding hydrogens is 212 g/mol. The van der Waals surface area contributed by atoms with Crippen molar-refractivity contribution in [3.63, 3.8) is 0 Å². The highest BCUT2D eigenvalue weighted by Gasteiger charge is 2.40. The minimum Gasteiger partial charge on any atom is -0.487 e. The van der Waals surface area contributed by atoms with Crippen LogP contribution >= 0.6 is 0 Å². The first-order valence-electron chi connectivity index (χ1n) is 6.53. The zero-order valence-corrected chi connectivity index (χ0v) is 10.6. The van der Waals surface area contributed by atoms with E-state index in [4.69, 9.17) is 4.74 Å². The van der Waals surface area contributed by atoms with Crippen LogP contribution in [-0.4, -0.2) is 10.7 Å². The van der Waals surface area contributed by atoms with Gasteiger partial charge in [-0.1, -0.05) is 24.5 Å². The first-order chi connectivity index (χ1) is 8.06. The maximum atomic E-state index is 10.3. The first kappa shape index (κ1) is 11.1. The van der Waals surface area contributed by atoms with Crippen LogP contribution in [-0.2, 0) is 0 Å². The average Bonchev–Trinajstić information content (AvgIpc) is 3.03. The van der Waals surface area contributed by atoms with Crippen LogP contribution in [0.4, 0.5) is 0 Å². The molecule has 1 unspecified atom stereocenters. The lowest BCUT2D eigenvalue weighted by Gasteiger charge is -2.38. The van der Waals surface area contributed by atoms with Crippen LogP contribution in [0.1, 0.15) is 49.8 Å². The zero-order valence-electron chi connectivity index (χ0n) is 10.6. The van der Waals surface area contributed by atoms with Gasteiger partial charge in [-0.15, -0.1) is 0 Å². The summed E-state index contributed by atoms with van der Waals surface area (Å²) in [5.41, 5.74) is 1.96. The van der Waals surface area contributed by atoms with Crippen molar-refractivity contribution in [3.8, 4) is 5.75 Å². The number of aliphatic hydroxyl groups is 1. The molecule has 2 nitrogen and oxygen atoms in total. The number of aliphatic hydroxyl groups excluding tert-OH is 1. The van der Waals surface area contributed by atoms with Crippen molar-refractivity contribution in [2.24, 2.45) is 5.92 Å². The van der Waals surface area contributed by atoms with Gasteiger partial charge in [-0.25, -0.2) is 0 Å². The van der Waals surface area contributed by atoms with Gasteiger partial charge in [0.05, 0.1) is 6.10 Å². The fraction of sp³-hybridized carbons (Fsp3) is 0.600. The third-order valence-electron chi connectivity index (χ3n) is 3.92. The van der Waals surface area contributed by atoms with E-state index < -0.39 is 0 Å². The van der Waals surface area contributed by atoms with Gasteiger partial charge in [-0.3, -0.25) is 0 Å². The summed E-state index contributed by atoms with van der Waals surface area (Å²) in [4.78, 5) is 0. The van der Waals surface area contributed by atoms with Gasteiger partial charge in [0.1, 0.15) is 11.4 Å². The van der Waals surface area contributed by atoms with Gasteiger partial charge < -0.3 is 9.84 Å². The molecule has 1 saturated carbocycles. The third-order valence-corrected chi connectivity index (χ3v) is 3.92. The summed E-state index contributed by atoms with van der Waals surface area (Å²) in [7, 11) is 0. The highest BCUT2D eigenvalue weighted by molar-refractivity contribution is 5.40. The normalized spacial score (nSPS) is 31.8. The zero-order chi connectivity index (χ0) is 12.0. The smallest absolute Gasteiger partial charge is 0.125 e. The Balaban J connectivity index is 1.88. The molecule has 0 bridgehead atoms. The van der Waals surface area contributed by atoms with Crippen molar-refractivity contribution < 1.29 is 9.84 Å². The van der Waals surface area contributed by atoms with Crippen LogP contribution in [0.25, 0.3) is 0 Å². The quantitative estimate of drug-likeness (QED) is 0.847. The molecule has 2 heteroatoms. The molecule has 1 heterocycles. The highest BCUT2D eigenvalue weighted by Crippen LogP contribution is 2.46. The van der Waals surface area contributed by atoms with Gasteiger partial charge in [0.25, 0.3) is 0 Å². The monoisotopic (exact) mass is 232 g/mol. The Bertz CT molecular complexity index is 437. The van der Waals surface area contributed by atoms with E-state index in [-0.39, 0.29) is 11.7 Å². The van der Waals surface area contributed by atoms with E-state index in [9.17, 15) is 5.11 Å². The van der Waals surface area contributed by atoms with Crippen molar-refractivity contribution in [3.05, 3.63) is 29.3 Å². The van der Waals surface area contributed by atoms with E-state index in [1.165, 1.54) is 18.4 Å². The van der Waals surface area contributed by atoms with Crippen LogP contribution in [0.15, 0.2) is 18.2 Å². The number of rotatable bonds is 2. The maximum Gasteiger partial charge on any atom is 0.125 e. The maximum absolute atomic E-state index is 10.3. The van der Waals surface area contributed by atoms with Gasteiger partial charge >= 0.3 is 0 Å². The Morgan fingerprint density at radius 3 is 2.88 bits per heavy atom. The topological polar surface area (TPSA) is 29.5 Å². The molecule has 92 valence electrons. The lowest BCUT2D eigenvalue weighted by molar-refractivity contribution is -0.0105. The number of fused-ring (bicyclic) bond motifs is 1. The number of aryl methyl sites for hydroxylation is 1. The van der Waals surface area contributed by atoms with Gasteiger partial charge in [0, 0.05) is 12.0 Å². The molecule has 2 aliphatic rings. The Labute approximate surface area is 103 Å². The SMILES string of the molecule is Cc1ccc2c(c1)[C@@H](O)CC(C)(CC1CC1)O2.